The standard InChI is InChI=1S/C11H14BrFO/c1-8(2)6-14-7-9-4-3-5-10(13)11(9)12/h3-5,8H,6-7H2,1-2H3. The van der Waals surface area contributed by atoms with Gasteiger partial charge >= 0.3 is 0 Å². The minimum absolute atomic E-state index is 0.240. The van der Waals surface area contributed by atoms with E-state index in [1.807, 2.05) is 6.07 Å². The Labute approximate surface area is 92.4 Å². The molecule has 0 aliphatic heterocycles. The van der Waals surface area contributed by atoms with E-state index in [1.54, 1.807) is 6.07 Å². The Balaban J connectivity index is 2.54. The normalized spacial score (nSPS) is 10.9. The van der Waals surface area contributed by atoms with Gasteiger partial charge in [0.25, 0.3) is 0 Å². The van der Waals surface area contributed by atoms with E-state index in [1.165, 1.54) is 6.07 Å². The number of benzene rings is 1. The van der Waals surface area contributed by atoms with Crippen molar-refractivity contribution in [3.05, 3.63) is 34.1 Å². The molecule has 14 heavy (non-hydrogen) atoms. The summed E-state index contributed by atoms with van der Waals surface area (Å²) in [5.74, 6) is 0.262. The molecule has 1 rings (SSSR count). The molecule has 0 aromatic heterocycles. The van der Waals surface area contributed by atoms with Crippen LogP contribution in [0.1, 0.15) is 19.4 Å². The molecule has 3 heteroatoms. The Morgan fingerprint density at radius 2 is 2.14 bits per heavy atom. The first-order valence-corrected chi connectivity index (χ1v) is 5.41. The predicted molar refractivity (Wildman–Crippen MR) is 58.6 cm³/mol. The summed E-state index contributed by atoms with van der Waals surface area (Å²) in [5, 5.41) is 0. The molecule has 0 N–H and O–H groups in total. The Morgan fingerprint density at radius 1 is 1.43 bits per heavy atom. The summed E-state index contributed by atoms with van der Waals surface area (Å²) in [6, 6.07) is 4.97. The van der Waals surface area contributed by atoms with Crippen LogP contribution in [-0.2, 0) is 11.3 Å². The molecule has 0 fully saturated rings. The van der Waals surface area contributed by atoms with Crippen LogP contribution in [0.4, 0.5) is 4.39 Å². The van der Waals surface area contributed by atoms with Crippen LogP contribution < -0.4 is 0 Å². The van der Waals surface area contributed by atoms with Crippen molar-refractivity contribution in [2.75, 3.05) is 6.61 Å². The molecule has 0 bridgehead atoms. The van der Waals surface area contributed by atoms with E-state index >= 15 is 0 Å². The third-order valence-electron chi connectivity index (χ3n) is 1.74. The van der Waals surface area contributed by atoms with Gasteiger partial charge in [0.2, 0.25) is 0 Å². The summed E-state index contributed by atoms with van der Waals surface area (Å²) in [5.41, 5.74) is 0.852. The monoisotopic (exact) mass is 260 g/mol. The second-order valence-electron chi connectivity index (χ2n) is 3.62. The zero-order valence-electron chi connectivity index (χ0n) is 8.39. The van der Waals surface area contributed by atoms with Gasteiger partial charge in [-0.15, -0.1) is 0 Å². The quantitative estimate of drug-likeness (QED) is 0.801. The van der Waals surface area contributed by atoms with Gasteiger partial charge in [-0.1, -0.05) is 26.0 Å². The molecule has 0 aliphatic carbocycles. The highest BCUT2D eigenvalue weighted by atomic mass is 79.9. The van der Waals surface area contributed by atoms with Gasteiger partial charge in [0.15, 0.2) is 0 Å². The van der Waals surface area contributed by atoms with Crippen LogP contribution in [0.5, 0.6) is 0 Å². The zero-order chi connectivity index (χ0) is 10.6. The number of hydrogen-bond donors (Lipinski definition) is 0. The minimum atomic E-state index is -0.240. The summed E-state index contributed by atoms with van der Waals surface area (Å²) >= 11 is 3.19. The average molecular weight is 261 g/mol. The lowest BCUT2D eigenvalue weighted by Gasteiger charge is -2.08. The van der Waals surface area contributed by atoms with Crippen molar-refractivity contribution < 1.29 is 9.13 Å². The van der Waals surface area contributed by atoms with Crippen LogP contribution in [-0.4, -0.2) is 6.61 Å². The number of hydrogen-bond acceptors (Lipinski definition) is 1. The highest BCUT2D eigenvalue weighted by Crippen LogP contribution is 2.21. The molecule has 1 nitrogen and oxygen atoms in total. The highest BCUT2D eigenvalue weighted by molar-refractivity contribution is 9.10. The van der Waals surface area contributed by atoms with E-state index in [0.29, 0.717) is 23.6 Å². The molecule has 0 radical (unpaired) electrons. The zero-order valence-corrected chi connectivity index (χ0v) is 9.97. The van der Waals surface area contributed by atoms with Gasteiger partial charge in [0.1, 0.15) is 5.82 Å². The fraction of sp³-hybridized carbons (Fsp3) is 0.455. The number of ether oxygens (including phenoxy) is 1. The van der Waals surface area contributed by atoms with Crippen LogP contribution in [0.3, 0.4) is 0 Å². The van der Waals surface area contributed by atoms with Crippen molar-refractivity contribution in [1.29, 1.82) is 0 Å². The SMILES string of the molecule is CC(C)COCc1cccc(F)c1Br. The largest absolute Gasteiger partial charge is 0.376 e. The van der Waals surface area contributed by atoms with Crippen LogP contribution in [0.15, 0.2) is 22.7 Å². The van der Waals surface area contributed by atoms with E-state index in [-0.39, 0.29) is 5.82 Å². The lowest BCUT2D eigenvalue weighted by molar-refractivity contribution is 0.0965. The fourth-order valence-electron chi connectivity index (χ4n) is 1.06. The number of halogens is 2. The third kappa shape index (κ3) is 3.39. The van der Waals surface area contributed by atoms with Crippen LogP contribution in [0.25, 0.3) is 0 Å². The van der Waals surface area contributed by atoms with E-state index in [0.717, 1.165) is 5.56 Å². The third-order valence-corrected chi connectivity index (χ3v) is 2.63. The topological polar surface area (TPSA) is 9.23 Å². The molecule has 0 unspecified atom stereocenters. The average Bonchev–Trinajstić information content (AvgIpc) is 2.12. The maximum atomic E-state index is 13.1. The predicted octanol–water partition coefficient (Wildman–Crippen LogP) is 3.76. The number of rotatable bonds is 4. The van der Waals surface area contributed by atoms with Gasteiger partial charge in [-0.3, -0.25) is 0 Å². The Morgan fingerprint density at radius 3 is 2.79 bits per heavy atom. The molecule has 1 aromatic rings. The van der Waals surface area contributed by atoms with Gasteiger partial charge in [-0.2, -0.15) is 0 Å². The Hall–Kier alpha value is -0.410. The summed E-state index contributed by atoms with van der Waals surface area (Å²) in [6.45, 7) is 5.32. The van der Waals surface area contributed by atoms with E-state index in [4.69, 9.17) is 4.74 Å². The van der Waals surface area contributed by atoms with Crippen molar-refractivity contribution in [2.24, 2.45) is 5.92 Å². The van der Waals surface area contributed by atoms with E-state index in [2.05, 4.69) is 29.8 Å². The summed E-state index contributed by atoms with van der Waals surface area (Å²) in [6.07, 6.45) is 0. The van der Waals surface area contributed by atoms with Gasteiger partial charge in [-0.05, 0) is 33.5 Å². The smallest absolute Gasteiger partial charge is 0.137 e. The molecule has 0 spiro atoms. The van der Waals surface area contributed by atoms with Crippen molar-refractivity contribution in [2.45, 2.75) is 20.5 Å². The molecule has 0 amide bonds. The van der Waals surface area contributed by atoms with Gasteiger partial charge < -0.3 is 4.74 Å². The van der Waals surface area contributed by atoms with Crippen LogP contribution >= 0.6 is 15.9 Å². The molecule has 0 aliphatic rings. The van der Waals surface area contributed by atoms with Gasteiger partial charge in [-0.25, -0.2) is 4.39 Å². The molecule has 0 saturated carbocycles. The second-order valence-corrected chi connectivity index (χ2v) is 4.41. The maximum absolute atomic E-state index is 13.1. The first kappa shape index (κ1) is 11.7. The lowest BCUT2D eigenvalue weighted by atomic mass is 10.2. The van der Waals surface area contributed by atoms with Crippen LogP contribution in [0.2, 0.25) is 0 Å². The van der Waals surface area contributed by atoms with Crippen molar-refractivity contribution in [3.8, 4) is 0 Å². The molecular weight excluding hydrogens is 247 g/mol. The summed E-state index contributed by atoms with van der Waals surface area (Å²) in [4.78, 5) is 0. The van der Waals surface area contributed by atoms with Gasteiger partial charge in [0.05, 0.1) is 11.1 Å². The first-order valence-electron chi connectivity index (χ1n) is 4.62. The Bertz CT molecular complexity index is 299. The van der Waals surface area contributed by atoms with Crippen molar-refractivity contribution in [1.82, 2.24) is 0 Å². The lowest BCUT2D eigenvalue weighted by Crippen LogP contribution is -2.02. The second kappa shape index (κ2) is 5.47. The Kier molecular flexibility index (Phi) is 4.55. The molecule has 1 aromatic carbocycles. The van der Waals surface area contributed by atoms with Crippen molar-refractivity contribution >= 4 is 15.9 Å². The van der Waals surface area contributed by atoms with Crippen LogP contribution in [0, 0.1) is 11.7 Å². The van der Waals surface area contributed by atoms with Crippen molar-refractivity contribution in [3.63, 3.8) is 0 Å². The summed E-state index contributed by atoms with van der Waals surface area (Å²) < 4.78 is 19.0. The maximum Gasteiger partial charge on any atom is 0.137 e. The van der Waals surface area contributed by atoms with E-state index in [9.17, 15) is 4.39 Å². The molecule has 78 valence electrons. The van der Waals surface area contributed by atoms with Gasteiger partial charge in [0, 0.05) is 6.61 Å². The highest BCUT2D eigenvalue weighted by Gasteiger charge is 2.05. The molecular formula is C11H14BrFO. The molecule has 0 atom stereocenters. The minimum Gasteiger partial charge on any atom is -0.376 e. The first-order chi connectivity index (χ1) is 6.61. The fourth-order valence-corrected chi connectivity index (χ4v) is 1.44. The summed E-state index contributed by atoms with van der Waals surface area (Å²) in [7, 11) is 0. The molecule has 0 heterocycles. The molecule has 0 saturated heterocycles. The van der Waals surface area contributed by atoms with E-state index < -0.39 is 0 Å².